The largest absolute Gasteiger partial charge is 0.497 e. The molecule has 5 nitrogen and oxygen atoms in total. The molecule has 1 aromatic rings. The second-order valence-corrected chi connectivity index (χ2v) is 6.20. The molecule has 1 aliphatic heterocycles. The van der Waals surface area contributed by atoms with Gasteiger partial charge in [0.25, 0.3) is 0 Å². The van der Waals surface area contributed by atoms with E-state index in [1.807, 2.05) is 30.3 Å². The fourth-order valence-electron chi connectivity index (χ4n) is 3.03. The monoisotopic (exact) mass is 343 g/mol. The van der Waals surface area contributed by atoms with E-state index in [0.717, 1.165) is 49.4 Å². The van der Waals surface area contributed by atoms with Crippen molar-refractivity contribution in [2.45, 2.75) is 32.2 Å². The van der Waals surface area contributed by atoms with Crippen LogP contribution in [-0.2, 0) is 4.79 Å². The summed E-state index contributed by atoms with van der Waals surface area (Å²) in [6.07, 6.45) is 6.73. The molecule has 25 heavy (non-hydrogen) atoms. The van der Waals surface area contributed by atoms with Crippen LogP contribution < -0.4 is 15.4 Å². The zero-order valence-electron chi connectivity index (χ0n) is 15.4. The van der Waals surface area contributed by atoms with Crippen molar-refractivity contribution >= 4 is 11.6 Å². The summed E-state index contributed by atoms with van der Waals surface area (Å²) in [6, 6.07) is 7.53. The molecule has 0 bridgehead atoms. The van der Waals surface area contributed by atoms with E-state index in [0.29, 0.717) is 0 Å². The van der Waals surface area contributed by atoms with Crippen LogP contribution in [0.5, 0.6) is 5.75 Å². The first-order valence-electron chi connectivity index (χ1n) is 8.97. The van der Waals surface area contributed by atoms with Gasteiger partial charge in [-0.2, -0.15) is 0 Å². The Hall–Kier alpha value is -2.14. The average molecular weight is 343 g/mol. The first-order valence-corrected chi connectivity index (χ1v) is 8.97. The maximum Gasteiger partial charge on any atom is 0.224 e. The van der Waals surface area contributed by atoms with Crippen molar-refractivity contribution in [3.63, 3.8) is 0 Å². The Kier molecular flexibility index (Phi) is 7.67. The summed E-state index contributed by atoms with van der Waals surface area (Å²) in [6.45, 7) is 3.87. The molecule has 1 amide bonds. The number of hydrogen-bond donors (Lipinski definition) is 2. The van der Waals surface area contributed by atoms with Gasteiger partial charge in [-0.05, 0) is 56.1 Å². The number of carbonyl (C=O) groups excluding carboxylic acids is 1. The van der Waals surface area contributed by atoms with Crippen molar-refractivity contribution in [2.75, 3.05) is 27.2 Å². The lowest BCUT2D eigenvalue weighted by molar-refractivity contribution is -0.126. The SMILES string of the molecule is CC/C=C\C(=NC)C(NC(=O)C1CCNCC1)c1cccc(OC)c1. The van der Waals surface area contributed by atoms with Gasteiger partial charge in [-0.15, -0.1) is 0 Å². The highest BCUT2D eigenvalue weighted by atomic mass is 16.5. The highest BCUT2D eigenvalue weighted by Crippen LogP contribution is 2.23. The smallest absolute Gasteiger partial charge is 0.224 e. The number of allylic oxidation sites excluding steroid dienone is 1. The zero-order chi connectivity index (χ0) is 18.1. The van der Waals surface area contributed by atoms with Gasteiger partial charge in [-0.25, -0.2) is 0 Å². The van der Waals surface area contributed by atoms with Gasteiger partial charge in [0.1, 0.15) is 5.75 Å². The number of amides is 1. The summed E-state index contributed by atoms with van der Waals surface area (Å²) >= 11 is 0. The van der Waals surface area contributed by atoms with Gasteiger partial charge in [0.15, 0.2) is 0 Å². The van der Waals surface area contributed by atoms with Crippen LogP contribution in [-0.4, -0.2) is 38.9 Å². The van der Waals surface area contributed by atoms with Crippen LogP contribution in [0.25, 0.3) is 0 Å². The zero-order valence-corrected chi connectivity index (χ0v) is 15.4. The second-order valence-electron chi connectivity index (χ2n) is 6.20. The summed E-state index contributed by atoms with van der Waals surface area (Å²) < 4.78 is 5.34. The van der Waals surface area contributed by atoms with E-state index in [9.17, 15) is 4.79 Å². The van der Waals surface area contributed by atoms with Gasteiger partial charge >= 0.3 is 0 Å². The van der Waals surface area contributed by atoms with Crippen molar-refractivity contribution in [1.82, 2.24) is 10.6 Å². The Bertz CT molecular complexity index is 619. The molecule has 0 saturated carbocycles. The van der Waals surface area contributed by atoms with Gasteiger partial charge in [-0.3, -0.25) is 9.79 Å². The molecular formula is C20H29N3O2. The molecule has 1 saturated heterocycles. The topological polar surface area (TPSA) is 62.7 Å². The minimum Gasteiger partial charge on any atom is -0.497 e. The summed E-state index contributed by atoms with van der Waals surface area (Å²) in [5, 5.41) is 6.51. The fraction of sp³-hybridized carbons (Fsp3) is 0.500. The lowest BCUT2D eigenvalue weighted by Gasteiger charge is -2.26. The Morgan fingerprint density at radius 3 is 2.84 bits per heavy atom. The summed E-state index contributed by atoms with van der Waals surface area (Å²) in [4.78, 5) is 17.2. The molecule has 1 heterocycles. The maximum absolute atomic E-state index is 12.8. The Balaban J connectivity index is 2.27. The van der Waals surface area contributed by atoms with Crippen molar-refractivity contribution in [1.29, 1.82) is 0 Å². The van der Waals surface area contributed by atoms with Gasteiger partial charge < -0.3 is 15.4 Å². The van der Waals surface area contributed by atoms with Crippen LogP contribution in [0.4, 0.5) is 0 Å². The summed E-state index contributed by atoms with van der Waals surface area (Å²) in [5.41, 5.74) is 1.82. The maximum atomic E-state index is 12.8. The number of ether oxygens (including phenoxy) is 1. The summed E-state index contributed by atoms with van der Waals surface area (Å²) in [5.74, 6) is 0.927. The normalized spacial score (nSPS) is 17.5. The molecule has 1 unspecified atom stereocenters. The molecule has 1 atom stereocenters. The molecule has 0 radical (unpaired) electrons. The first-order chi connectivity index (χ1) is 12.2. The lowest BCUT2D eigenvalue weighted by Crippen LogP contribution is -2.41. The third-order valence-corrected chi connectivity index (χ3v) is 4.50. The molecule has 2 N–H and O–H groups in total. The molecule has 0 aromatic heterocycles. The van der Waals surface area contributed by atoms with E-state index < -0.39 is 0 Å². The Morgan fingerprint density at radius 2 is 2.20 bits per heavy atom. The number of aliphatic imine (C=N–C) groups is 1. The Labute approximate surface area is 150 Å². The van der Waals surface area contributed by atoms with Crippen molar-refractivity contribution in [3.05, 3.63) is 42.0 Å². The minimum atomic E-state index is -0.273. The molecule has 5 heteroatoms. The molecule has 1 aromatic carbocycles. The molecule has 136 valence electrons. The number of hydrogen-bond acceptors (Lipinski definition) is 4. The van der Waals surface area contributed by atoms with Crippen LogP contribution >= 0.6 is 0 Å². The third-order valence-electron chi connectivity index (χ3n) is 4.50. The standard InChI is InChI=1S/C20H29N3O2/c1-4-5-9-18(21-2)19(16-7-6-8-17(14-16)25-3)23-20(24)15-10-12-22-13-11-15/h5-9,14-15,19,22H,4,10-13H2,1-3H3,(H,23,24)/b9-5-,21-18?. The molecule has 0 spiro atoms. The van der Waals surface area contributed by atoms with Crippen LogP contribution in [0.2, 0.25) is 0 Å². The van der Waals surface area contributed by atoms with Crippen molar-refractivity contribution in [3.8, 4) is 5.75 Å². The van der Waals surface area contributed by atoms with Gasteiger partial charge in [0.2, 0.25) is 5.91 Å². The number of methoxy groups -OCH3 is 1. The average Bonchev–Trinajstić information content (AvgIpc) is 2.68. The third kappa shape index (κ3) is 5.43. The molecule has 0 aliphatic carbocycles. The van der Waals surface area contributed by atoms with Gasteiger partial charge in [-0.1, -0.05) is 25.1 Å². The first kappa shape index (κ1) is 19.2. The van der Waals surface area contributed by atoms with Gasteiger partial charge in [0.05, 0.1) is 18.9 Å². The highest BCUT2D eigenvalue weighted by molar-refractivity contribution is 6.02. The van der Waals surface area contributed by atoms with Crippen molar-refractivity contribution in [2.24, 2.45) is 10.9 Å². The van der Waals surface area contributed by atoms with E-state index in [1.54, 1.807) is 14.2 Å². The van der Waals surface area contributed by atoms with E-state index >= 15 is 0 Å². The van der Waals surface area contributed by atoms with Crippen LogP contribution in [0.3, 0.4) is 0 Å². The van der Waals surface area contributed by atoms with Crippen LogP contribution in [0.1, 0.15) is 37.8 Å². The Morgan fingerprint density at radius 1 is 1.44 bits per heavy atom. The number of benzene rings is 1. The number of nitrogens with zero attached hydrogens (tertiary/aromatic N) is 1. The fourth-order valence-corrected chi connectivity index (χ4v) is 3.03. The predicted octanol–water partition coefficient (Wildman–Crippen LogP) is 2.89. The number of carbonyl (C=O) groups is 1. The predicted molar refractivity (Wildman–Crippen MR) is 102 cm³/mol. The lowest BCUT2D eigenvalue weighted by atomic mass is 9.95. The van der Waals surface area contributed by atoms with E-state index in [-0.39, 0.29) is 17.9 Å². The quantitative estimate of drug-likeness (QED) is 0.748. The molecule has 2 rings (SSSR count). The van der Waals surface area contributed by atoms with Crippen LogP contribution in [0, 0.1) is 5.92 Å². The van der Waals surface area contributed by atoms with E-state index in [4.69, 9.17) is 4.74 Å². The summed E-state index contributed by atoms with van der Waals surface area (Å²) in [7, 11) is 3.41. The van der Waals surface area contributed by atoms with Crippen molar-refractivity contribution < 1.29 is 9.53 Å². The molecule has 1 fully saturated rings. The number of piperidine rings is 1. The number of nitrogens with one attached hydrogen (secondary N) is 2. The van der Waals surface area contributed by atoms with E-state index in [2.05, 4.69) is 28.6 Å². The van der Waals surface area contributed by atoms with Crippen LogP contribution in [0.15, 0.2) is 41.4 Å². The molecular weight excluding hydrogens is 314 g/mol. The van der Waals surface area contributed by atoms with E-state index in [1.165, 1.54) is 0 Å². The number of rotatable bonds is 7. The van der Waals surface area contributed by atoms with Gasteiger partial charge in [0, 0.05) is 13.0 Å². The highest BCUT2D eigenvalue weighted by Gasteiger charge is 2.25. The molecule has 1 aliphatic rings. The second kappa shape index (κ2) is 9.99. The minimum absolute atomic E-state index is 0.0580.